The maximum Gasteiger partial charge on any atom is 0.305 e. The van der Waals surface area contributed by atoms with Gasteiger partial charge < -0.3 is 9.67 Å². The minimum atomic E-state index is -0.784. The highest BCUT2D eigenvalue weighted by Gasteiger charge is 2.14. The summed E-state index contributed by atoms with van der Waals surface area (Å²) in [5, 5.41) is 10.7. The smallest absolute Gasteiger partial charge is 0.305 e. The summed E-state index contributed by atoms with van der Waals surface area (Å²) in [6.07, 6.45) is 0.121. The molecular formula is C14H16ClNO2. The Hall–Kier alpha value is -1.48. The van der Waals surface area contributed by atoms with Crippen molar-refractivity contribution in [3.8, 4) is 0 Å². The van der Waals surface area contributed by atoms with Gasteiger partial charge in [0, 0.05) is 22.6 Å². The van der Waals surface area contributed by atoms with Crippen LogP contribution in [0.15, 0.2) is 12.1 Å². The Kier molecular flexibility index (Phi) is 3.35. The molecule has 1 N–H and O–H groups in total. The van der Waals surface area contributed by atoms with Crippen LogP contribution in [0.4, 0.5) is 0 Å². The van der Waals surface area contributed by atoms with Crippen LogP contribution in [0.25, 0.3) is 10.9 Å². The molecule has 1 aromatic carbocycles. The Morgan fingerprint density at radius 1 is 1.28 bits per heavy atom. The molecule has 0 aliphatic carbocycles. The number of carbonyl (C=O) groups is 1. The minimum absolute atomic E-state index is 0.121. The van der Waals surface area contributed by atoms with E-state index in [-0.39, 0.29) is 6.42 Å². The second-order valence-corrected chi connectivity index (χ2v) is 4.98. The summed E-state index contributed by atoms with van der Waals surface area (Å²) >= 11 is 6.15. The fourth-order valence-corrected chi connectivity index (χ4v) is 2.53. The first kappa shape index (κ1) is 13.0. The van der Waals surface area contributed by atoms with E-state index >= 15 is 0 Å². The molecule has 0 saturated heterocycles. The van der Waals surface area contributed by atoms with Gasteiger partial charge in [-0.05, 0) is 38.0 Å². The van der Waals surface area contributed by atoms with Crippen LogP contribution in [-0.2, 0) is 11.3 Å². The van der Waals surface area contributed by atoms with Gasteiger partial charge in [0.25, 0.3) is 0 Å². The summed E-state index contributed by atoms with van der Waals surface area (Å²) in [6.45, 7) is 6.53. The highest BCUT2D eigenvalue weighted by molar-refractivity contribution is 6.32. The Morgan fingerprint density at radius 2 is 1.94 bits per heavy atom. The Morgan fingerprint density at radius 3 is 2.56 bits per heavy atom. The lowest BCUT2D eigenvalue weighted by Gasteiger charge is -2.09. The normalized spacial score (nSPS) is 11.1. The van der Waals surface area contributed by atoms with Crippen molar-refractivity contribution in [2.24, 2.45) is 0 Å². The number of halogens is 1. The predicted octanol–water partition coefficient (Wildman–Crippen LogP) is 3.69. The van der Waals surface area contributed by atoms with Crippen molar-refractivity contribution in [1.29, 1.82) is 0 Å². The van der Waals surface area contributed by atoms with Gasteiger partial charge in [-0.25, -0.2) is 0 Å². The number of benzene rings is 1. The average Bonchev–Trinajstić information content (AvgIpc) is 2.55. The first-order valence-corrected chi connectivity index (χ1v) is 6.27. The third-order valence-electron chi connectivity index (χ3n) is 3.54. The number of hydrogen-bond donors (Lipinski definition) is 1. The molecule has 0 amide bonds. The standard InChI is InChI=1S/C14H16ClNO2/c1-8-10(3)16(7-6-13(17)18)14-9(2)12(15)5-4-11(8)14/h4-5H,6-7H2,1-3H3,(H,17,18). The van der Waals surface area contributed by atoms with E-state index in [1.165, 1.54) is 5.56 Å². The summed E-state index contributed by atoms with van der Waals surface area (Å²) < 4.78 is 2.06. The molecule has 1 aromatic heterocycles. The Balaban J connectivity index is 2.67. The van der Waals surface area contributed by atoms with Crippen molar-refractivity contribution in [1.82, 2.24) is 4.57 Å². The van der Waals surface area contributed by atoms with Crippen LogP contribution in [0.5, 0.6) is 0 Å². The minimum Gasteiger partial charge on any atom is -0.481 e. The van der Waals surface area contributed by atoms with Gasteiger partial charge in [0.1, 0.15) is 0 Å². The zero-order valence-corrected chi connectivity index (χ0v) is 11.5. The third-order valence-corrected chi connectivity index (χ3v) is 3.95. The number of carboxylic acids is 1. The monoisotopic (exact) mass is 265 g/mol. The van der Waals surface area contributed by atoms with Crippen LogP contribution in [0.2, 0.25) is 5.02 Å². The predicted molar refractivity (Wildman–Crippen MR) is 73.4 cm³/mol. The van der Waals surface area contributed by atoms with E-state index in [1.807, 2.05) is 26.0 Å². The van der Waals surface area contributed by atoms with Gasteiger partial charge in [0.2, 0.25) is 0 Å². The van der Waals surface area contributed by atoms with Crippen LogP contribution in [0, 0.1) is 20.8 Å². The fraction of sp³-hybridized carbons (Fsp3) is 0.357. The summed E-state index contributed by atoms with van der Waals surface area (Å²) in [5.74, 6) is -0.784. The molecule has 0 aliphatic heterocycles. The molecule has 0 unspecified atom stereocenters. The van der Waals surface area contributed by atoms with Gasteiger partial charge >= 0.3 is 5.97 Å². The SMILES string of the molecule is Cc1c(C)n(CCC(=O)O)c2c(C)c(Cl)ccc12. The van der Waals surface area contributed by atoms with Gasteiger partial charge in [-0.2, -0.15) is 0 Å². The van der Waals surface area contributed by atoms with E-state index in [4.69, 9.17) is 16.7 Å². The molecule has 18 heavy (non-hydrogen) atoms. The largest absolute Gasteiger partial charge is 0.481 e. The van der Waals surface area contributed by atoms with E-state index in [0.717, 1.165) is 27.2 Å². The molecule has 0 atom stereocenters. The summed E-state index contributed by atoms with van der Waals surface area (Å²) in [6, 6.07) is 3.90. The molecule has 96 valence electrons. The summed E-state index contributed by atoms with van der Waals surface area (Å²) in [7, 11) is 0. The maximum atomic E-state index is 10.7. The van der Waals surface area contributed by atoms with Crippen LogP contribution in [0.3, 0.4) is 0 Å². The molecule has 0 spiro atoms. The number of rotatable bonds is 3. The number of aromatic nitrogens is 1. The molecular weight excluding hydrogens is 250 g/mol. The molecule has 2 rings (SSSR count). The second kappa shape index (κ2) is 4.65. The lowest BCUT2D eigenvalue weighted by molar-refractivity contribution is -0.137. The molecule has 0 radical (unpaired) electrons. The van der Waals surface area contributed by atoms with E-state index in [9.17, 15) is 4.79 Å². The van der Waals surface area contributed by atoms with Crippen LogP contribution < -0.4 is 0 Å². The molecule has 0 aliphatic rings. The van der Waals surface area contributed by atoms with Gasteiger partial charge in [-0.1, -0.05) is 17.7 Å². The number of aliphatic carboxylic acids is 1. The fourth-order valence-electron chi connectivity index (χ4n) is 2.38. The topological polar surface area (TPSA) is 42.2 Å². The number of fused-ring (bicyclic) bond motifs is 1. The molecule has 0 bridgehead atoms. The number of hydrogen-bond acceptors (Lipinski definition) is 1. The lowest BCUT2D eigenvalue weighted by Crippen LogP contribution is -2.06. The molecule has 0 fully saturated rings. The van der Waals surface area contributed by atoms with Crippen molar-refractivity contribution in [2.45, 2.75) is 33.7 Å². The molecule has 4 heteroatoms. The van der Waals surface area contributed by atoms with Crippen molar-refractivity contribution >= 4 is 28.5 Å². The van der Waals surface area contributed by atoms with E-state index in [2.05, 4.69) is 11.5 Å². The van der Waals surface area contributed by atoms with Crippen LogP contribution in [0.1, 0.15) is 23.2 Å². The number of carboxylic acid groups (broad SMARTS) is 1. The van der Waals surface area contributed by atoms with Crippen molar-refractivity contribution in [3.05, 3.63) is 34.0 Å². The summed E-state index contributed by atoms with van der Waals surface area (Å²) in [5.41, 5.74) is 4.36. The molecule has 2 aromatic rings. The van der Waals surface area contributed by atoms with Gasteiger partial charge in [-0.3, -0.25) is 4.79 Å². The molecule has 1 heterocycles. The lowest BCUT2D eigenvalue weighted by atomic mass is 10.1. The zero-order valence-electron chi connectivity index (χ0n) is 10.7. The highest BCUT2D eigenvalue weighted by atomic mass is 35.5. The Bertz CT molecular complexity index is 628. The Labute approximate surface area is 111 Å². The number of aryl methyl sites for hydroxylation is 3. The van der Waals surface area contributed by atoms with E-state index in [0.29, 0.717) is 6.54 Å². The quantitative estimate of drug-likeness (QED) is 0.920. The molecule has 0 saturated carbocycles. The highest BCUT2D eigenvalue weighted by Crippen LogP contribution is 2.31. The summed E-state index contributed by atoms with van der Waals surface area (Å²) in [4.78, 5) is 10.7. The number of nitrogens with zero attached hydrogens (tertiary/aromatic N) is 1. The first-order valence-electron chi connectivity index (χ1n) is 5.89. The van der Waals surface area contributed by atoms with E-state index in [1.54, 1.807) is 0 Å². The van der Waals surface area contributed by atoms with Crippen LogP contribution >= 0.6 is 11.6 Å². The van der Waals surface area contributed by atoms with Crippen molar-refractivity contribution < 1.29 is 9.90 Å². The molecule has 3 nitrogen and oxygen atoms in total. The van der Waals surface area contributed by atoms with Gasteiger partial charge in [0.15, 0.2) is 0 Å². The maximum absolute atomic E-state index is 10.7. The van der Waals surface area contributed by atoms with Gasteiger partial charge in [-0.15, -0.1) is 0 Å². The van der Waals surface area contributed by atoms with Crippen molar-refractivity contribution in [3.63, 3.8) is 0 Å². The van der Waals surface area contributed by atoms with E-state index < -0.39 is 5.97 Å². The second-order valence-electron chi connectivity index (χ2n) is 4.57. The van der Waals surface area contributed by atoms with Crippen molar-refractivity contribution in [2.75, 3.05) is 0 Å². The average molecular weight is 266 g/mol. The third kappa shape index (κ3) is 1.99. The van der Waals surface area contributed by atoms with Gasteiger partial charge in [0.05, 0.1) is 11.9 Å². The van der Waals surface area contributed by atoms with Crippen LogP contribution in [-0.4, -0.2) is 15.6 Å². The first-order chi connectivity index (χ1) is 8.43. The zero-order chi connectivity index (χ0) is 13.4.